The van der Waals surface area contributed by atoms with Crippen molar-refractivity contribution in [3.05, 3.63) is 39.2 Å². The Balaban J connectivity index is 2.89. The third kappa shape index (κ3) is 2.18. The smallest absolute Gasteiger partial charge is 0.347 e. The van der Waals surface area contributed by atoms with Gasteiger partial charge in [0.05, 0.1) is 12.1 Å². The molecule has 20 heavy (non-hydrogen) atoms. The summed E-state index contributed by atoms with van der Waals surface area (Å²) in [6, 6.07) is 3.43. The van der Waals surface area contributed by atoms with Gasteiger partial charge in [0.15, 0.2) is 5.56 Å². The van der Waals surface area contributed by atoms with E-state index < -0.39 is 22.8 Å². The first-order valence-electron chi connectivity index (χ1n) is 6.02. The molecule has 0 saturated carbocycles. The van der Waals surface area contributed by atoms with Gasteiger partial charge in [0.2, 0.25) is 0 Å². The first-order chi connectivity index (χ1) is 9.51. The van der Waals surface area contributed by atoms with Gasteiger partial charge in [0.1, 0.15) is 5.75 Å². The number of ether oxygens (including phenoxy) is 1. The van der Waals surface area contributed by atoms with Gasteiger partial charge in [-0.05, 0) is 25.5 Å². The summed E-state index contributed by atoms with van der Waals surface area (Å²) >= 11 is 4.94. The minimum atomic E-state index is -0.857. The lowest BCUT2D eigenvalue weighted by Gasteiger charge is -2.10. The van der Waals surface area contributed by atoms with Crippen molar-refractivity contribution in [1.82, 2.24) is 4.98 Å². The Labute approximate surface area is 120 Å². The molecule has 0 aliphatic heterocycles. The summed E-state index contributed by atoms with van der Waals surface area (Å²) in [5.74, 6) is -1.26. The molecule has 1 heterocycles. The van der Waals surface area contributed by atoms with Gasteiger partial charge < -0.3 is 14.8 Å². The normalized spacial score (nSPS) is 10.5. The zero-order chi connectivity index (χ0) is 14.9. The van der Waals surface area contributed by atoms with Crippen LogP contribution < -0.4 is 5.56 Å². The summed E-state index contributed by atoms with van der Waals surface area (Å²) in [6.07, 6.45) is 0. The van der Waals surface area contributed by atoms with Gasteiger partial charge in [-0.2, -0.15) is 0 Å². The average molecular weight is 291 g/mol. The molecule has 1 aromatic heterocycles. The van der Waals surface area contributed by atoms with E-state index in [2.05, 4.69) is 4.98 Å². The minimum absolute atomic E-state index is 0.115. The Bertz CT molecular complexity index is 764. The lowest BCUT2D eigenvalue weighted by Crippen LogP contribution is -2.20. The average Bonchev–Trinajstić information content (AvgIpc) is 2.39. The molecule has 0 amide bonds. The van der Waals surface area contributed by atoms with Crippen molar-refractivity contribution in [3.8, 4) is 5.75 Å². The number of nitrogens with one attached hydrogen (secondary N) is 1. The number of hydrogen-bond donors (Lipinski definition) is 2. The van der Waals surface area contributed by atoms with Crippen LogP contribution in [0.3, 0.4) is 0 Å². The Morgan fingerprint density at radius 2 is 2.20 bits per heavy atom. The van der Waals surface area contributed by atoms with E-state index in [-0.39, 0.29) is 6.61 Å². The standard InChI is InChI=1S/C14H13NO4S/c1-3-19-14(18)11-12(16)10-8(6-20)7(2)4-5-9(10)15-13(11)17/h4-6H,3H2,1-2H3,(H2,15,16,17). The topological polar surface area (TPSA) is 79.4 Å². The summed E-state index contributed by atoms with van der Waals surface area (Å²) in [5.41, 5.74) is 0.763. The molecule has 0 aliphatic rings. The molecule has 104 valence electrons. The number of rotatable bonds is 3. The molecule has 0 unspecified atom stereocenters. The fourth-order valence-electron chi connectivity index (χ4n) is 2.04. The van der Waals surface area contributed by atoms with Crippen molar-refractivity contribution in [2.75, 3.05) is 6.61 Å². The molecule has 5 nitrogen and oxygen atoms in total. The van der Waals surface area contributed by atoms with E-state index >= 15 is 0 Å². The highest BCUT2D eigenvalue weighted by molar-refractivity contribution is 7.79. The number of aryl methyl sites for hydroxylation is 1. The van der Waals surface area contributed by atoms with Crippen LogP contribution in [0.4, 0.5) is 0 Å². The largest absolute Gasteiger partial charge is 0.506 e. The number of fused-ring (bicyclic) bond motifs is 1. The Hall–Kier alpha value is -2.21. The molecule has 1 aromatic carbocycles. The molecule has 2 aromatic rings. The highest BCUT2D eigenvalue weighted by atomic mass is 32.1. The van der Waals surface area contributed by atoms with Crippen molar-refractivity contribution < 1.29 is 14.6 Å². The van der Waals surface area contributed by atoms with Gasteiger partial charge in [-0.3, -0.25) is 4.79 Å². The molecule has 2 N–H and O–H groups in total. The SMILES string of the molecule is CCOC(=O)c1c(O)c2c(C=S)c(C)ccc2[nH]c1=O. The Kier molecular flexibility index (Phi) is 3.85. The highest BCUT2D eigenvalue weighted by Crippen LogP contribution is 2.29. The number of H-pyrrole nitrogens is 1. The van der Waals surface area contributed by atoms with Crippen LogP contribution in [0.15, 0.2) is 16.9 Å². The summed E-state index contributed by atoms with van der Waals surface area (Å²) < 4.78 is 4.79. The summed E-state index contributed by atoms with van der Waals surface area (Å²) in [6.45, 7) is 3.56. The highest BCUT2D eigenvalue weighted by Gasteiger charge is 2.21. The molecule has 0 atom stereocenters. The number of aromatic amines is 1. The van der Waals surface area contributed by atoms with Crippen molar-refractivity contribution in [1.29, 1.82) is 0 Å². The fraction of sp³-hybridized carbons (Fsp3) is 0.214. The van der Waals surface area contributed by atoms with Crippen molar-refractivity contribution in [2.24, 2.45) is 0 Å². The molecule has 0 spiro atoms. The van der Waals surface area contributed by atoms with Crippen LogP contribution in [-0.2, 0) is 4.74 Å². The molecule has 0 aliphatic carbocycles. The van der Waals surface area contributed by atoms with Crippen LogP contribution in [0.25, 0.3) is 10.9 Å². The van der Waals surface area contributed by atoms with Gasteiger partial charge >= 0.3 is 5.97 Å². The molecular formula is C14H13NO4S. The third-order valence-corrected chi connectivity index (χ3v) is 3.25. The second kappa shape index (κ2) is 5.42. The van der Waals surface area contributed by atoms with Crippen LogP contribution in [-0.4, -0.2) is 28.0 Å². The molecular weight excluding hydrogens is 278 g/mol. The number of benzene rings is 1. The van der Waals surface area contributed by atoms with Crippen LogP contribution >= 0.6 is 12.2 Å². The quantitative estimate of drug-likeness (QED) is 0.668. The maximum atomic E-state index is 11.9. The molecule has 2 rings (SSSR count). The van der Waals surface area contributed by atoms with E-state index in [1.807, 2.05) is 6.92 Å². The maximum Gasteiger partial charge on any atom is 0.347 e. The number of pyridine rings is 1. The lowest BCUT2D eigenvalue weighted by molar-refractivity contribution is 0.0521. The predicted molar refractivity (Wildman–Crippen MR) is 79.7 cm³/mol. The zero-order valence-electron chi connectivity index (χ0n) is 11.0. The van der Waals surface area contributed by atoms with Gasteiger partial charge in [0.25, 0.3) is 5.56 Å². The number of carbonyl (C=O) groups excluding carboxylic acids is 1. The number of esters is 1. The Morgan fingerprint density at radius 1 is 1.50 bits per heavy atom. The van der Waals surface area contributed by atoms with Gasteiger partial charge in [-0.15, -0.1) is 0 Å². The monoisotopic (exact) mass is 291 g/mol. The van der Waals surface area contributed by atoms with Gasteiger partial charge in [-0.25, -0.2) is 4.79 Å². The second-order valence-electron chi connectivity index (χ2n) is 4.23. The number of thiocarbonyl (C=S) groups is 1. The third-order valence-electron chi connectivity index (χ3n) is 3.01. The van der Waals surface area contributed by atoms with Gasteiger partial charge in [-0.1, -0.05) is 18.3 Å². The van der Waals surface area contributed by atoms with Gasteiger partial charge in [0, 0.05) is 16.3 Å². The van der Waals surface area contributed by atoms with Crippen LogP contribution in [0.5, 0.6) is 5.75 Å². The van der Waals surface area contributed by atoms with Crippen LogP contribution in [0, 0.1) is 6.92 Å². The van der Waals surface area contributed by atoms with Crippen LogP contribution in [0.2, 0.25) is 0 Å². The predicted octanol–water partition coefficient (Wildman–Crippen LogP) is 2.07. The van der Waals surface area contributed by atoms with Crippen LogP contribution in [0.1, 0.15) is 28.4 Å². The van der Waals surface area contributed by atoms with E-state index in [0.29, 0.717) is 16.5 Å². The lowest BCUT2D eigenvalue weighted by atomic mass is 10.0. The minimum Gasteiger partial charge on any atom is -0.506 e. The number of aromatic hydroxyl groups is 1. The maximum absolute atomic E-state index is 11.9. The van der Waals surface area contributed by atoms with Crippen molar-refractivity contribution >= 4 is 34.5 Å². The second-order valence-corrected chi connectivity index (χ2v) is 4.47. The zero-order valence-corrected chi connectivity index (χ0v) is 11.8. The summed E-state index contributed by atoms with van der Waals surface area (Å²) in [4.78, 5) is 26.2. The van der Waals surface area contributed by atoms with Crippen molar-refractivity contribution in [3.63, 3.8) is 0 Å². The molecule has 0 fully saturated rings. The number of hydrogen-bond acceptors (Lipinski definition) is 5. The van der Waals surface area contributed by atoms with E-state index in [9.17, 15) is 14.7 Å². The molecule has 6 heteroatoms. The summed E-state index contributed by atoms with van der Waals surface area (Å²) in [5, 5.41) is 12.0. The fourth-order valence-corrected chi connectivity index (χ4v) is 2.35. The van der Waals surface area contributed by atoms with E-state index in [4.69, 9.17) is 17.0 Å². The van der Waals surface area contributed by atoms with E-state index in [1.54, 1.807) is 19.1 Å². The first-order valence-corrected chi connectivity index (χ1v) is 6.49. The van der Waals surface area contributed by atoms with Crippen molar-refractivity contribution in [2.45, 2.75) is 13.8 Å². The first kappa shape index (κ1) is 14.2. The summed E-state index contributed by atoms with van der Waals surface area (Å²) in [7, 11) is 0. The Morgan fingerprint density at radius 3 is 2.80 bits per heavy atom. The van der Waals surface area contributed by atoms with E-state index in [1.165, 1.54) is 5.37 Å². The number of carbonyl (C=O) groups is 1. The molecule has 0 radical (unpaired) electrons. The molecule has 0 bridgehead atoms. The molecule has 0 saturated heterocycles. The van der Waals surface area contributed by atoms with E-state index in [0.717, 1.165) is 5.56 Å². The number of aromatic nitrogens is 1.